The first-order valence-electron chi connectivity index (χ1n) is 14.5. The molecule has 0 radical (unpaired) electrons. The molecule has 2 fully saturated rings. The molecule has 2 saturated heterocycles. The molecule has 2 aliphatic heterocycles. The summed E-state index contributed by atoms with van der Waals surface area (Å²) in [6.07, 6.45) is 0. The van der Waals surface area contributed by atoms with Gasteiger partial charge in [0.2, 0.25) is 0 Å². The summed E-state index contributed by atoms with van der Waals surface area (Å²) in [5.41, 5.74) is 4.95. The molecule has 0 aromatic heterocycles. The lowest BCUT2D eigenvalue weighted by molar-refractivity contribution is 0.00578. The Balaban J connectivity index is 1.92. The highest BCUT2D eigenvalue weighted by molar-refractivity contribution is 7.42. The van der Waals surface area contributed by atoms with Gasteiger partial charge in [-0.25, -0.2) is 0 Å². The van der Waals surface area contributed by atoms with Crippen molar-refractivity contribution in [3.05, 3.63) is 46.5 Å². The maximum atomic E-state index is 6.79. The first-order valence-corrected chi connectivity index (χ1v) is 16.7. The first kappa shape index (κ1) is 32.6. The summed E-state index contributed by atoms with van der Waals surface area (Å²) in [4.78, 5) is 0. The van der Waals surface area contributed by atoms with Crippen LogP contribution in [-0.4, -0.2) is 24.4 Å². The molecule has 2 aromatic carbocycles. The molecule has 0 spiro atoms. The zero-order valence-electron chi connectivity index (χ0n) is 27.6. The highest BCUT2D eigenvalue weighted by Crippen LogP contribution is 2.61. The Morgan fingerprint density at radius 3 is 1.34 bits per heavy atom. The molecule has 8 heteroatoms. The van der Waals surface area contributed by atoms with Crippen LogP contribution in [0.2, 0.25) is 0 Å². The SMILES string of the molecule is Cc1cc(-c2cc(C)cc(C(C)(C)C)c2OP2OC(C)(C)C(C)(C)O2)c(OP2OCC(C)(C)CO2)c(C(C)(C)C)c1. The largest absolute Gasteiger partial charge is 0.426 e. The summed E-state index contributed by atoms with van der Waals surface area (Å²) >= 11 is 0. The van der Waals surface area contributed by atoms with Gasteiger partial charge in [0.15, 0.2) is 0 Å². The van der Waals surface area contributed by atoms with E-state index in [0.717, 1.165) is 44.9 Å². The van der Waals surface area contributed by atoms with E-state index in [2.05, 4.69) is 121 Å². The van der Waals surface area contributed by atoms with Crippen molar-refractivity contribution < 1.29 is 27.1 Å². The Kier molecular flexibility index (Phi) is 8.78. The Hall–Kier alpha value is -1.26. The van der Waals surface area contributed by atoms with Crippen LogP contribution in [-0.2, 0) is 28.9 Å². The van der Waals surface area contributed by atoms with E-state index in [1.165, 1.54) is 0 Å². The minimum atomic E-state index is -1.64. The van der Waals surface area contributed by atoms with Crippen molar-refractivity contribution in [3.63, 3.8) is 0 Å². The molecule has 0 atom stereocenters. The highest BCUT2D eigenvalue weighted by Gasteiger charge is 2.52. The van der Waals surface area contributed by atoms with Gasteiger partial charge in [0.05, 0.1) is 13.2 Å². The zero-order chi connectivity index (χ0) is 30.8. The quantitative estimate of drug-likeness (QED) is 0.317. The normalized spacial score (nSPS) is 21.2. The minimum absolute atomic E-state index is 0.0463. The monoisotopic (exact) mass is 604 g/mol. The van der Waals surface area contributed by atoms with Crippen LogP contribution in [0.5, 0.6) is 11.5 Å². The molecule has 4 rings (SSSR count). The summed E-state index contributed by atoms with van der Waals surface area (Å²) in [6, 6.07) is 8.78. The van der Waals surface area contributed by atoms with Crippen molar-refractivity contribution in [2.24, 2.45) is 5.41 Å². The molecule has 0 aliphatic carbocycles. The van der Waals surface area contributed by atoms with Crippen LogP contribution < -0.4 is 9.05 Å². The second-order valence-corrected chi connectivity index (χ2v) is 17.6. The number of hydrogen-bond acceptors (Lipinski definition) is 6. The summed E-state index contributed by atoms with van der Waals surface area (Å²) in [7, 11) is -3.20. The van der Waals surface area contributed by atoms with Gasteiger partial charge in [-0.3, -0.25) is 9.05 Å². The van der Waals surface area contributed by atoms with E-state index in [-0.39, 0.29) is 16.2 Å². The van der Waals surface area contributed by atoms with Crippen LogP contribution >= 0.6 is 17.2 Å². The van der Waals surface area contributed by atoms with Crippen LogP contribution in [0.25, 0.3) is 11.1 Å². The molecule has 228 valence electrons. The first-order chi connectivity index (χ1) is 18.6. The topological polar surface area (TPSA) is 55.4 Å². The molecule has 0 N–H and O–H groups in total. The molecule has 0 bridgehead atoms. The molecule has 2 aromatic rings. The van der Waals surface area contributed by atoms with E-state index in [9.17, 15) is 0 Å². The fourth-order valence-corrected chi connectivity index (χ4v) is 7.72. The summed E-state index contributed by atoms with van der Waals surface area (Å²) in [6.45, 7) is 31.2. The average Bonchev–Trinajstić information content (AvgIpc) is 3.01. The smallest absolute Gasteiger partial charge is 0.398 e. The van der Waals surface area contributed by atoms with E-state index >= 15 is 0 Å². The van der Waals surface area contributed by atoms with Gasteiger partial charge in [0.25, 0.3) is 0 Å². The number of benzene rings is 2. The van der Waals surface area contributed by atoms with Gasteiger partial charge >= 0.3 is 17.2 Å². The summed E-state index contributed by atoms with van der Waals surface area (Å²) in [5.74, 6) is 1.53. The van der Waals surface area contributed by atoms with Gasteiger partial charge in [0, 0.05) is 27.7 Å². The van der Waals surface area contributed by atoms with E-state index < -0.39 is 28.4 Å². The molecule has 0 unspecified atom stereocenters. The Labute approximate surface area is 250 Å². The fraction of sp³-hybridized carbons (Fsp3) is 0.636. The lowest BCUT2D eigenvalue weighted by Gasteiger charge is -2.34. The van der Waals surface area contributed by atoms with Gasteiger partial charge in [-0.15, -0.1) is 0 Å². The molecule has 2 heterocycles. The predicted octanol–water partition coefficient (Wildman–Crippen LogP) is 10.5. The number of hydrogen-bond donors (Lipinski definition) is 0. The van der Waals surface area contributed by atoms with Crippen molar-refractivity contribution in [3.8, 4) is 22.6 Å². The number of aryl methyl sites for hydroxylation is 2. The van der Waals surface area contributed by atoms with Crippen LogP contribution in [0.1, 0.15) is 105 Å². The van der Waals surface area contributed by atoms with Crippen LogP contribution in [0.15, 0.2) is 24.3 Å². The van der Waals surface area contributed by atoms with Gasteiger partial charge in [-0.1, -0.05) is 67.5 Å². The van der Waals surface area contributed by atoms with E-state index in [1.807, 2.05) is 0 Å². The Morgan fingerprint density at radius 2 is 0.976 bits per heavy atom. The predicted molar refractivity (Wildman–Crippen MR) is 170 cm³/mol. The Morgan fingerprint density at radius 1 is 0.610 bits per heavy atom. The van der Waals surface area contributed by atoms with Gasteiger partial charge in [-0.05, 0) is 75.6 Å². The molecular formula is C33H50O6P2. The van der Waals surface area contributed by atoms with Gasteiger partial charge in [0.1, 0.15) is 22.7 Å². The molecule has 41 heavy (non-hydrogen) atoms. The standard InChI is InChI=1S/C33H50O6P2/c1-21-15-23(27(25(17-21)29(3,4)5)36-40-34-19-31(9,10)20-35-40)24-16-22(2)18-26(30(6,7)8)28(24)37-41-38-32(11,12)33(13,14)39-41/h15-18H,19-20H2,1-14H3. The van der Waals surface area contributed by atoms with Crippen LogP contribution in [0, 0.1) is 19.3 Å². The van der Waals surface area contributed by atoms with Crippen LogP contribution in [0.3, 0.4) is 0 Å². The van der Waals surface area contributed by atoms with Crippen molar-refractivity contribution in [2.45, 2.75) is 119 Å². The third-order valence-corrected chi connectivity index (χ3v) is 10.4. The van der Waals surface area contributed by atoms with Gasteiger partial charge < -0.3 is 18.1 Å². The molecule has 6 nitrogen and oxygen atoms in total. The summed E-state index contributed by atoms with van der Waals surface area (Å²) < 4.78 is 38.5. The molecule has 0 amide bonds. The second kappa shape index (κ2) is 11.0. The highest BCUT2D eigenvalue weighted by atomic mass is 31.2. The maximum absolute atomic E-state index is 6.79. The van der Waals surface area contributed by atoms with Crippen molar-refractivity contribution in [1.82, 2.24) is 0 Å². The lowest BCUT2D eigenvalue weighted by atomic mass is 9.80. The molecule has 0 saturated carbocycles. The van der Waals surface area contributed by atoms with Crippen molar-refractivity contribution in [1.29, 1.82) is 0 Å². The van der Waals surface area contributed by atoms with Crippen molar-refractivity contribution >= 4 is 17.2 Å². The Bertz CT molecular complexity index is 1260. The maximum Gasteiger partial charge on any atom is 0.398 e. The van der Waals surface area contributed by atoms with Crippen molar-refractivity contribution in [2.75, 3.05) is 13.2 Å². The number of rotatable bonds is 5. The lowest BCUT2D eigenvalue weighted by Crippen LogP contribution is -2.41. The summed E-state index contributed by atoms with van der Waals surface area (Å²) in [5, 5.41) is 0. The third-order valence-electron chi connectivity index (χ3n) is 7.88. The third kappa shape index (κ3) is 7.11. The van der Waals surface area contributed by atoms with Gasteiger partial charge in [-0.2, -0.15) is 0 Å². The fourth-order valence-electron chi connectivity index (χ4n) is 4.64. The van der Waals surface area contributed by atoms with E-state index in [1.54, 1.807) is 0 Å². The van der Waals surface area contributed by atoms with E-state index in [0.29, 0.717) is 13.2 Å². The minimum Gasteiger partial charge on any atom is -0.426 e. The average molecular weight is 605 g/mol. The van der Waals surface area contributed by atoms with E-state index in [4.69, 9.17) is 27.1 Å². The molecule has 2 aliphatic rings. The second-order valence-electron chi connectivity index (χ2n) is 15.4. The zero-order valence-corrected chi connectivity index (χ0v) is 29.4. The van der Waals surface area contributed by atoms with Crippen LogP contribution in [0.4, 0.5) is 0 Å². The molecular weight excluding hydrogens is 554 g/mol.